The lowest BCUT2D eigenvalue weighted by molar-refractivity contribution is 0.0956. The Morgan fingerprint density at radius 2 is 2.00 bits per heavy atom. The van der Waals surface area contributed by atoms with Gasteiger partial charge in [-0.3, -0.25) is 4.79 Å². The molecule has 3 nitrogen and oxygen atoms in total. The van der Waals surface area contributed by atoms with Crippen LogP contribution in [0.3, 0.4) is 0 Å². The molecule has 3 N–H and O–H groups in total. The van der Waals surface area contributed by atoms with Crippen LogP contribution >= 0.6 is 11.3 Å². The van der Waals surface area contributed by atoms with Crippen LogP contribution in [0, 0.1) is 6.92 Å². The molecule has 0 aliphatic heterocycles. The quantitative estimate of drug-likeness (QED) is 0.874. The van der Waals surface area contributed by atoms with Crippen LogP contribution in [0.25, 0.3) is 0 Å². The van der Waals surface area contributed by atoms with Gasteiger partial charge < -0.3 is 11.1 Å². The first-order valence-electron chi connectivity index (χ1n) is 5.33. The number of nitrogen functional groups attached to an aromatic ring is 1. The average molecular weight is 246 g/mol. The molecule has 0 saturated heterocycles. The van der Waals surface area contributed by atoms with E-state index in [0.717, 1.165) is 5.56 Å². The third kappa shape index (κ3) is 2.85. The standard InChI is InChI=1S/C13H14N2OS/c1-9-2-4-10(5-3-9)8-15-13(16)12-11(14)6-7-17-12/h2-7H,8,14H2,1H3,(H,15,16). The van der Waals surface area contributed by atoms with E-state index >= 15 is 0 Å². The molecule has 2 aromatic rings. The minimum atomic E-state index is -0.113. The highest BCUT2D eigenvalue weighted by molar-refractivity contribution is 7.12. The highest BCUT2D eigenvalue weighted by Gasteiger charge is 2.10. The zero-order valence-electron chi connectivity index (χ0n) is 9.57. The monoisotopic (exact) mass is 246 g/mol. The second-order valence-electron chi connectivity index (χ2n) is 3.87. The van der Waals surface area contributed by atoms with Crippen molar-refractivity contribution in [1.29, 1.82) is 0 Å². The molecule has 88 valence electrons. The molecule has 0 spiro atoms. The Morgan fingerprint density at radius 1 is 1.29 bits per heavy atom. The van der Waals surface area contributed by atoms with E-state index in [2.05, 4.69) is 5.32 Å². The van der Waals surface area contributed by atoms with Crippen molar-refractivity contribution in [1.82, 2.24) is 5.32 Å². The lowest BCUT2D eigenvalue weighted by Gasteiger charge is -2.05. The maximum Gasteiger partial charge on any atom is 0.263 e. The van der Waals surface area contributed by atoms with Crippen molar-refractivity contribution in [2.24, 2.45) is 0 Å². The molecule has 4 heteroatoms. The average Bonchev–Trinajstić information content (AvgIpc) is 2.74. The van der Waals surface area contributed by atoms with Gasteiger partial charge in [-0.1, -0.05) is 29.8 Å². The van der Waals surface area contributed by atoms with Crippen LogP contribution in [0.5, 0.6) is 0 Å². The number of anilines is 1. The van der Waals surface area contributed by atoms with E-state index in [-0.39, 0.29) is 5.91 Å². The third-order valence-electron chi connectivity index (χ3n) is 2.48. The molecule has 0 atom stereocenters. The highest BCUT2D eigenvalue weighted by Crippen LogP contribution is 2.18. The summed E-state index contributed by atoms with van der Waals surface area (Å²) >= 11 is 1.36. The van der Waals surface area contributed by atoms with E-state index in [0.29, 0.717) is 17.1 Å². The molecule has 0 saturated carbocycles. The molecular formula is C13H14N2OS. The van der Waals surface area contributed by atoms with Gasteiger partial charge in [0.2, 0.25) is 0 Å². The molecular weight excluding hydrogens is 232 g/mol. The summed E-state index contributed by atoms with van der Waals surface area (Å²) in [6.45, 7) is 2.56. The van der Waals surface area contributed by atoms with Crippen molar-refractivity contribution in [3.05, 3.63) is 51.7 Å². The van der Waals surface area contributed by atoms with Crippen molar-refractivity contribution in [2.75, 3.05) is 5.73 Å². The van der Waals surface area contributed by atoms with E-state index in [1.165, 1.54) is 16.9 Å². The number of carbonyl (C=O) groups is 1. The van der Waals surface area contributed by atoms with Crippen molar-refractivity contribution in [2.45, 2.75) is 13.5 Å². The van der Waals surface area contributed by atoms with E-state index in [1.807, 2.05) is 36.6 Å². The van der Waals surface area contributed by atoms with Gasteiger partial charge in [-0.15, -0.1) is 11.3 Å². The summed E-state index contributed by atoms with van der Waals surface area (Å²) in [5.74, 6) is -0.113. The number of thiophene rings is 1. The second-order valence-corrected chi connectivity index (χ2v) is 4.79. The van der Waals surface area contributed by atoms with Gasteiger partial charge >= 0.3 is 0 Å². The van der Waals surface area contributed by atoms with Crippen LogP contribution in [0.15, 0.2) is 35.7 Å². The number of rotatable bonds is 3. The molecule has 2 rings (SSSR count). The van der Waals surface area contributed by atoms with E-state index < -0.39 is 0 Å². The minimum Gasteiger partial charge on any atom is -0.397 e. The Morgan fingerprint density at radius 3 is 2.59 bits per heavy atom. The van der Waals surface area contributed by atoms with Crippen LogP contribution in [0.2, 0.25) is 0 Å². The first kappa shape index (κ1) is 11.7. The topological polar surface area (TPSA) is 55.1 Å². The Balaban J connectivity index is 1.97. The minimum absolute atomic E-state index is 0.113. The Labute approximate surface area is 104 Å². The van der Waals surface area contributed by atoms with E-state index in [9.17, 15) is 4.79 Å². The summed E-state index contributed by atoms with van der Waals surface area (Å²) < 4.78 is 0. The number of hydrogen-bond acceptors (Lipinski definition) is 3. The van der Waals surface area contributed by atoms with Crippen LogP contribution in [0.1, 0.15) is 20.8 Å². The van der Waals surface area contributed by atoms with Crippen LogP contribution in [0.4, 0.5) is 5.69 Å². The maximum atomic E-state index is 11.8. The third-order valence-corrected chi connectivity index (χ3v) is 3.40. The van der Waals surface area contributed by atoms with Gasteiger partial charge in [-0.25, -0.2) is 0 Å². The summed E-state index contributed by atoms with van der Waals surface area (Å²) in [6.07, 6.45) is 0. The molecule has 0 fully saturated rings. The molecule has 1 heterocycles. The Kier molecular flexibility index (Phi) is 3.44. The fourth-order valence-corrected chi connectivity index (χ4v) is 2.21. The molecule has 0 aliphatic carbocycles. The van der Waals surface area contributed by atoms with Crippen molar-refractivity contribution >= 4 is 22.9 Å². The number of nitrogens with one attached hydrogen (secondary N) is 1. The predicted octanol–water partition coefficient (Wildman–Crippen LogP) is 2.57. The first-order chi connectivity index (χ1) is 8.16. The Bertz CT molecular complexity index is 516. The summed E-state index contributed by atoms with van der Waals surface area (Å²) in [5, 5.41) is 4.67. The van der Waals surface area contributed by atoms with Crippen molar-refractivity contribution < 1.29 is 4.79 Å². The molecule has 0 radical (unpaired) electrons. The van der Waals surface area contributed by atoms with Crippen LogP contribution in [-0.2, 0) is 6.54 Å². The van der Waals surface area contributed by atoms with Crippen LogP contribution in [-0.4, -0.2) is 5.91 Å². The summed E-state index contributed by atoms with van der Waals surface area (Å²) in [5.41, 5.74) is 8.51. The van der Waals surface area contributed by atoms with Gasteiger partial charge in [-0.05, 0) is 23.9 Å². The molecule has 1 aromatic carbocycles. The molecule has 1 aromatic heterocycles. The Hall–Kier alpha value is -1.81. The fraction of sp³-hybridized carbons (Fsp3) is 0.154. The van der Waals surface area contributed by atoms with Gasteiger partial charge in [0.15, 0.2) is 0 Å². The number of carbonyl (C=O) groups excluding carboxylic acids is 1. The van der Waals surface area contributed by atoms with Gasteiger partial charge in [-0.2, -0.15) is 0 Å². The summed E-state index contributed by atoms with van der Waals surface area (Å²) in [4.78, 5) is 12.4. The van der Waals surface area contributed by atoms with Crippen molar-refractivity contribution in [3.63, 3.8) is 0 Å². The number of amides is 1. The molecule has 0 aliphatic rings. The van der Waals surface area contributed by atoms with Crippen molar-refractivity contribution in [3.8, 4) is 0 Å². The van der Waals surface area contributed by atoms with Crippen LogP contribution < -0.4 is 11.1 Å². The lowest BCUT2D eigenvalue weighted by Crippen LogP contribution is -2.22. The molecule has 0 bridgehead atoms. The van der Waals surface area contributed by atoms with Gasteiger partial charge in [0, 0.05) is 6.54 Å². The number of nitrogens with two attached hydrogens (primary N) is 1. The zero-order valence-corrected chi connectivity index (χ0v) is 10.4. The second kappa shape index (κ2) is 5.01. The fourth-order valence-electron chi connectivity index (χ4n) is 1.47. The van der Waals surface area contributed by atoms with Gasteiger partial charge in [0.25, 0.3) is 5.91 Å². The zero-order chi connectivity index (χ0) is 12.3. The SMILES string of the molecule is Cc1ccc(CNC(=O)c2sccc2N)cc1. The van der Waals surface area contributed by atoms with Gasteiger partial charge in [0.1, 0.15) is 4.88 Å². The molecule has 1 amide bonds. The van der Waals surface area contributed by atoms with E-state index in [4.69, 9.17) is 5.73 Å². The number of benzene rings is 1. The normalized spacial score (nSPS) is 10.2. The summed E-state index contributed by atoms with van der Waals surface area (Å²) in [6, 6.07) is 9.81. The highest BCUT2D eigenvalue weighted by atomic mass is 32.1. The van der Waals surface area contributed by atoms with Gasteiger partial charge in [0.05, 0.1) is 5.69 Å². The predicted molar refractivity (Wildman–Crippen MR) is 71.1 cm³/mol. The smallest absolute Gasteiger partial charge is 0.263 e. The summed E-state index contributed by atoms with van der Waals surface area (Å²) in [7, 11) is 0. The largest absolute Gasteiger partial charge is 0.397 e. The number of aryl methyl sites for hydroxylation is 1. The molecule has 17 heavy (non-hydrogen) atoms. The number of hydrogen-bond donors (Lipinski definition) is 2. The maximum absolute atomic E-state index is 11.8. The lowest BCUT2D eigenvalue weighted by atomic mass is 10.1. The first-order valence-corrected chi connectivity index (χ1v) is 6.21. The van der Waals surface area contributed by atoms with E-state index in [1.54, 1.807) is 6.07 Å². The molecule has 0 unspecified atom stereocenters.